The number of fused-ring (bicyclic) bond motifs is 1. The van der Waals surface area contributed by atoms with Crippen molar-refractivity contribution < 1.29 is 32.2 Å². The number of ketones is 1. The third kappa shape index (κ3) is 5.97. The fourth-order valence-electron chi connectivity index (χ4n) is 6.21. The summed E-state index contributed by atoms with van der Waals surface area (Å²) in [4.78, 5) is 31.5. The molecule has 1 aliphatic rings. The lowest BCUT2D eigenvalue weighted by atomic mass is 9.85. The fraction of sp³-hybridized carbons (Fsp3) is 0.306. The standard InChI is InChI=1S/C36H33F3N2O5/c1-20-18-26-24(11-13-29(43)41(26)19-23-8-6-7-9-27(23)45-36(37,38)39)32(30(20)34(21(2)42)46-35(3,4)5)25-10-12-28-31-22(15-17-44-28)14-16-40-33(25)31/h6-14,16,18,34H,15,17,19H2,1-5H3. The first-order valence-corrected chi connectivity index (χ1v) is 14.9. The van der Waals surface area contributed by atoms with Crippen LogP contribution < -0.4 is 15.0 Å². The van der Waals surface area contributed by atoms with E-state index in [1.54, 1.807) is 24.4 Å². The number of alkyl halides is 3. The summed E-state index contributed by atoms with van der Waals surface area (Å²) >= 11 is 0. The molecule has 0 radical (unpaired) electrons. The van der Waals surface area contributed by atoms with Crippen molar-refractivity contribution in [2.75, 3.05) is 6.61 Å². The molecule has 0 spiro atoms. The normalized spacial score (nSPS) is 13.9. The number of aryl methyl sites for hydroxylation is 1. The molecule has 0 saturated carbocycles. The number of halogens is 3. The Bertz CT molecular complexity index is 2050. The predicted octanol–water partition coefficient (Wildman–Crippen LogP) is 7.85. The molecular formula is C36H33F3N2O5. The summed E-state index contributed by atoms with van der Waals surface area (Å²) in [6, 6.07) is 16.3. The molecule has 5 aromatic rings. The van der Waals surface area contributed by atoms with Crippen molar-refractivity contribution in [2.24, 2.45) is 0 Å². The summed E-state index contributed by atoms with van der Waals surface area (Å²) < 4.78 is 57.9. The molecule has 46 heavy (non-hydrogen) atoms. The first-order valence-electron chi connectivity index (χ1n) is 14.9. The Kier molecular flexibility index (Phi) is 7.88. The molecule has 0 N–H and O–H groups in total. The second-order valence-corrected chi connectivity index (χ2v) is 12.5. The van der Waals surface area contributed by atoms with E-state index in [0.29, 0.717) is 57.5 Å². The minimum Gasteiger partial charge on any atom is -0.493 e. The van der Waals surface area contributed by atoms with E-state index in [0.717, 1.165) is 10.9 Å². The quantitative estimate of drug-likeness (QED) is 0.182. The molecule has 10 heteroatoms. The number of aromatic nitrogens is 2. The molecule has 3 heterocycles. The largest absolute Gasteiger partial charge is 0.573 e. The van der Waals surface area contributed by atoms with Gasteiger partial charge in [-0.25, -0.2) is 0 Å². The van der Waals surface area contributed by atoms with Crippen LogP contribution in [0.2, 0.25) is 0 Å². The number of rotatable bonds is 7. The van der Waals surface area contributed by atoms with E-state index in [1.165, 1.54) is 35.8 Å². The Morgan fingerprint density at radius 1 is 1.07 bits per heavy atom. The molecule has 1 aliphatic heterocycles. The number of benzene rings is 3. The minimum atomic E-state index is -4.90. The number of pyridine rings is 2. The number of ether oxygens (including phenoxy) is 3. The predicted molar refractivity (Wildman–Crippen MR) is 169 cm³/mol. The molecule has 0 saturated heterocycles. The van der Waals surface area contributed by atoms with E-state index in [4.69, 9.17) is 14.5 Å². The summed E-state index contributed by atoms with van der Waals surface area (Å²) in [6.45, 7) is 9.29. The van der Waals surface area contributed by atoms with E-state index in [2.05, 4.69) is 4.74 Å². The van der Waals surface area contributed by atoms with Crippen molar-refractivity contribution >= 4 is 27.6 Å². The maximum absolute atomic E-state index is 13.4. The number of carbonyl (C=O) groups is 1. The fourth-order valence-corrected chi connectivity index (χ4v) is 6.21. The zero-order chi connectivity index (χ0) is 33.0. The Morgan fingerprint density at radius 2 is 1.83 bits per heavy atom. The smallest absolute Gasteiger partial charge is 0.493 e. The molecule has 1 unspecified atom stereocenters. The Morgan fingerprint density at radius 3 is 2.54 bits per heavy atom. The lowest BCUT2D eigenvalue weighted by Crippen LogP contribution is -2.28. The second kappa shape index (κ2) is 11.6. The number of nitrogens with zero attached hydrogens (tertiary/aromatic N) is 2. The lowest BCUT2D eigenvalue weighted by Gasteiger charge is -2.30. The number of carbonyl (C=O) groups excluding carboxylic acids is 1. The number of Topliss-reactive ketones (excluding diaryl/α,β-unsaturated/α-hetero) is 1. The topological polar surface area (TPSA) is 79.7 Å². The number of hydrogen-bond acceptors (Lipinski definition) is 6. The minimum absolute atomic E-state index is 0.177. The van der Waals surface area contributed by atoms with Gasteiger partial charge in [-0.15, -0.1) is 13.2 Å². The van der Waals surface area contributed by atoms with Crippen LogP contribution in [0.1, 0.15) is 56.1 Å². The van der Waals surface area contributed by atoms with Crippen LogP contribution in [-0.4, -0.2) is 33.9 Å². The van der Waals surface area contributed by atoms with Crippen LogP contribution in [0.3, 0.4) is 0 Å². The third-order valence-electron chi connectivity index (χ3n) is 8.01. The van der Waals surface area contributed by atoms with Gasteiger partial charge in [-0.05, 0) is 93.3 Å². The van der Waals surface area contributed by atoms with Crippen LogP contribution in [-0.2, 0) is 22.5 Å². The second-order valence-electron chi connectivity index (χ2n) is 12.5. The monoisotopic (exact) mass is 630 g/mol. The molecule has 238 valence electrons. The molecule has 0 amide bonds. The van der Waals surface area contributed by atoms with Gasteiger partial charge in [0, 0.05) is 40.6 Å². The number of para-hydroxylation sites is 1. The van der Waals surface area contributed by atoms with E-state index >= 15 is 0 Å². The highest BCUT2D eigenvalue weighted by Crippen LogP contribution is 2.45. The van der Waals surface area contributed by atoms with Crippen molar-refractivity contribution in [1.82, 2.24) is 9.55 Å². The third-order valence-corrected chi connectivity index (χ3v) is 8.01. The van der Waals surface area contributed by atoms with Crippen molar-refractivity contribution in [2.45, 2.75) is 65.7 Å². The summed E-state index contributed by atoms with van der Waals surface area (Å²) in [6.07, 6.45) is -3.41. The summed E-state index contributed by atoms with van der Waals surface area (Å²) in [5, 5.41) is 1.48. The number of hydrogen-bond donors (Lipinski definition) is 0. The molecule has 6 rings (SSSR count). The van der Waals surface area contributed by atoms with Gasteiger partial charge >= 0.3 is 6.36 Å². The van der Waals surface area contributed by atoms with Gasteiger partial charge in [-0.3, -0.25) is 14.6 Å². The molecule has 1 atom stereocenters. The molecule has 2 aromatic heterocycles. The molecular weight excluding hydrogens is 597 g/mol. The highest BCUT2D eigenvalue weighted by molar-refractivity contribution is 6.08. The van der Waals surface area contributed by atoms with Gasteiger partial charge in [0.15, 0.2) is 5.78 Å². The lowest BCUT2D eigenvalue weighted by molar-refractivity contribution is -0.274. The van der Waals surface area contributed by atoms with E-state index in [1.807, 2.05) is 45.9 Å². The zero-order valence-electron chi connectivity index (χ0n) is 26.1. The zero-order valence-corrected chi connectivity index (χ0v) is 26.1. The van der Waals surface area contributed by atoms with Gasteiger partial charge < -0.3 is 18.8 Å². The van der Waals surface area contributed by atoms with Crippen LogP contribution in [0, 0.1) is 6.92 Å². The van der Waals surface area contributed by atoms with Gasteiger partial charge in [-0.2, -0.15) is 0 Å². The van der Waals surface area contributed by atoms with E-state index in [9.17, 15) is 22.8 Å². The van der Waals surface area contributed by atoms with Crippen molar-refractivity contribution in [3.05, 3.63) is 99.5 Å². The van der Waals surface area contributed by atoms with Gasteiger partial charge in [0.25, 0.3) is 5.56 Å². The molecule has 0 bridgehead atoms. The van der Waals surface area contributed by atoms with Crippen molar-refractivity contribution in [1.29, 1.82) is 0 Å². The van der Waals surface area contributed by atoms with Crippen LogP contribution in [0.25, 0.3) is 32.9 Å². The van der Waals surface area contributed by atoms with Crippen molar-refractivity contribution in [3.63, 3.8) is 0 Å². The van der Waals surface area contributed by atoms with Crippen LogP contribution in [0.5, 0.6) is 11.5 Å². The van der Waals surface area contributed by atoms with Crippen LogP contribution >= 0.6 is 0 Å². The van der Waals surface area contributed by atoms with Gasteiger partial charge in [0.05, 0.1) is 29.8 Å². The summed E-state index contributed by atoms with van der Waals surface area (Å²) in [7, 11) is 0. The first-order chi connectivity index (χ1) is 21.7. The van der Waals surface area contributed by atoms with Gasteiger partial charge in [0.2, 0.25) is 0 Å². The summed E-state index contributed by atoms with van der Waals surface area (Å²) in [5.74, 6) is 0.110. The highest BCUT2D eigenvalue weighted by Gasteiger charge is 2.33. The van der Waals surface area contributed by atoms with E-state index < -0.39 is 29.4 Å². The Labute approximate surface area is 263 Å². The molecule has 3 aromatic carbocycles. The molecule has 0 aliphatic carbocycles. The molecule has 0 fully saturated rings. The maximum Gasteiger partial charge on any atom is 0.573 e. The van der Waals surface area contributed by atoms with Gasteiger partial charge in [-0.1, -0.05) is 18.2 Å². The van der Waals surface area contributed by atoms with Crippen molar-refractivity contribution in [3.8, 4) is 22.6 Å². The Balaban J connectivity index is 1.68. The van der Waals surface area contributed by atoms with Crippen LogP contribution in [0.4, 0.5) is 13.2 Å². The van der Waals surface area contributed by atoms with Crippen LogP contribution in [0.15, 0.2) is 71.7 Å². The Hall–Kier alpha value is -4.70. The summed E-state index contributed by atoms with van der Waals surface area (Å²) in [5.41, 5.74) is 3.96. The van der Waals surface area contributed by atoms with E-state index in [-0.39, 0.29) is 17.9 Å². The maximum atomic E-state index is 13.4. The average Bonchev–Trinajstić information content (AvgIpc) is 2.97. The molecule has 7 nitrogen and oxygen atoms in total. The SMILES string of the molecule is CC(=O)C(OC(C)(C)C)c1c(C)cc2c(ccc(=O)n2Cc2ccccc2OC(F)(F)F)c1-c1ccc2c3c(ccnc13)CCO2. The highest BCUT2D eigenvalue weighted by atomic mass is 19.4. The van der Waals surface area contributed by atoms with Gasteiger partial charge in [0.1, 0.15) is 17.6 Å². The average molecular weight is 631 g/mol. The first kappa shape index (κ1) is 31.3.